The number of hydrogen-bond donors (Lipinski definition) is 7. The monoisotopic (exact) mass is 536 g/mol. The van der Waals surface area contributed by atoms with Crippen molar-refractivity contribution in [2.75, 3.05) is 0 Å². The van der Waals surface area contributed by atoms with Gasteiger partial charge in [0.15, 0.2) is 0 Å². The standard InChI is InChI=1S/C25H36N4O9/c1-3-14(2)20(13-30)29-25(38)19(9-11-22(34)35)28-24(37)18(8-10-21(32)33)27-23(36)17(26)12-15-4-6-16(31)7-5-15/h4-7,13-14,17-20,31H,3,8-12,26H2,1-2H3,(H,27,36)(H,28,37)(H,29,38)(H,32,33)(H,34,35)/t14-,17-,18-,19-,20+/m0/s1. The summed E-state index contributed by atoms with van der Waals surface area (Å²) >= 11 is 0. The summed E-state index contributed by atoms with van der Waals surface area (Å²) in [6.45, 7) is 3.56. The Hall–Kier alpha value is -4.00. The van der Waals surface area contributed by atoms with Crippen LogP contribution in [0, 0.1) is 5.92 Å². The fraction of sp³-hybridized carbons (Fsp3) is 0.520. The van der Waals surface area contributed by atoms with E-state index in [4.69, 9.17) is 15.9 Å². The normalized spacial score (nSPS) is 14.7. The zero-order valence-corrected chi connectivity index (χ0v) is 21.4. The van der Waals surface area contributed by atoms with Crippen LogP contribution in [0.2, 0.25) is 0 Å². The Balaban J connectivity index is 3.01. The van der Waals surface area contributed by atoms with Gasteiger partial charge in [-0.05, 0) is 42.9 Å². The van der Waals surface area contributed by atoms with Crippen molar-refractivity contribution in [3.63, 3.8) is 0 Å². The largest absolute Gasteiger partial charge is 0.508 e. The number of aromatic hydroxyl groups is 1. The van der Waals surface area contributed by atoms with Gasteiger partial charge in [-0.1, -0.05) is 32.4 Å². The molecule has 5 atom stereocenters. The molecule has 1 rings (SSSR count). The van der Waals surface area contributed by atoms with E-state index in [2.05, 4.69) is 16.0 Å². The number of nitrogens with one attached hydrogen (secondary N) is 3. The van der Waals surface area contributed by atoms with Gasteiger partial charge in [0.25, 0.3) is 0 Å². The van der Waals surface area contributed by atoms with Crippen LogP contribution in [0.1, 0.15) is 51.5 Å². The highest BCUT2D eigenvalue weighted by Crippen LogP contribution is 2.12. The number of phenols is 1. The molecule has 0 radical (unpaired) electrons. The van der Waals surface area contributed by atoms with Gasteiger partial charge in [0.1, 0.15) is 24.1 Å². The Morgan fingerprint density at radius 3 is 1.79 bits per heavy atom. The number of aldehydes is 1. The second-order valence-corrected chi connectivity index (χ2v) is 9.02. The molecule has 0 aromatic heterocycles. The molecule has 0 unspecified atom stereocenters. The van der Waals surface area contributed by atoms with Gasteiger partial charge < -0.3 is 41.8 Å². The number of nitrogens with two attached hydrogens (primary N) is 1. The SMILES string of the molecule is CC[C@H](C)[C@@H](C=O)NC(=O)[C@H](CCC(=O)O)NC(=O)[C@H](CCC(=O)O)NC(=O)[C@@H](N)Cc1ccc(O)cc1. The fourth-order valence-electron chi connectivity index (χ4n) is 3.43. The van der Waals surface area contributed by atoms with Crippen LogP contribution in [-0.2, 0) is 35.2 Å². The van der Waals surface area contributed by atoms with Crippen LogP contribution in [0.25, 0.3) is 0 Å². The minimum atomic E-state index is -1.39. The van der Waals surface area contributed by atoms with Gasteiger partial charge >= 0.3 is 11.9 Å². The molecule has 3 amide bonds. The minimum absolute atomic E-state index is 0.0299. The van der Waals surface area contributed by atoms with Crippen molar-refractivity contribution < 1.29 is 44.1 Å². The molecule has 0 bridgehead atoms. The first-order valence-electron chi connectivity index (χ1n) is 12.2. The molecule has 1 aromatic rings. The maximum Gasteiger partial charge on any atom is 0.303 e. The molecule has 0 aliphatic rings. The third-order valence-corrected chi connectivity index (χ3v) is 6.00. The van der Waals surface area contributed by atoms with Gasteiger partial charge in [0, 0.05) is 12.8 Å². The highest BCUT2D eigenvalue weighted by atomic mass is 16.4. The van der Waals surface area contributed by atoms with E-state index in [9.17, 15) is 33.9 Å². The van der Waals surface area contributed by atoms with Crippen LogP contribution in [-0.4, -0.2) is 75.4 Å². The second-order valence-electron chi connectivity index (χ2n) is 9.02. The number of carbonyl (C=O) groups excluding carboxylic acids is 4. The van der Waals surface area contributed by atoms with E-state index in [0.29, 0.717) is 18.3 Å². The smallest absolute Gasteiger partial charge is 0.303 e. The molecule has 0 spiro atoms. The highest BCUT2D eigenvalue weighted by Gasteiger charge is 2.30. The average Bonchev–Trinajstić information content (AvgIpc) is 2.87. The topological polar surface area (TPSA) is 225 Å². The van der Waals surface area contributed by atoms with Crippen molar-refractivity contribution in [2.24, 2.45) is 11.7 Å². The van der Waals surface area contributed by atoms with E-state index in [0.717, 1.165) is 0 Å². The van der Waals surface area contributed by atoms with E-state index in [1.165, 1.54) is 12.1 Å². The Labute approximate surface area is 220 Å². The number of rotatable bonds is 17. The quantitative estimate of drug-likeness (QED) is 0.129. The Bertz CT molecular complexity index is 984. The lowest BCUT2D eigenvalue weighted by Crippen LogP contribution is -2.57. The molecular weight excluding hydrogens is 500 g/mol. The summed E-state index contributed by atoms with van der Waals surface area (Å²) in [5.74, 6) is -5.09. The molecule has 0 saturated carbocycles. The number of benzene rings is 1. The first-order valence-corrected chi connectivity index (χ1v) is 12.2. The van der Waals surface area contributed by atoms with Crippen LogP contribution in [0.4, 0.5) is 0 Å². The lowest BCUT2D eigenvalue weighted by Gasteiger charge is -2.26. The molecule has 210 valence electrons. The van der Waals surface area contributed by atoms with Crippen molar-refractivity contribution >= 4 is 35.9 Å². The first-order chi connectivity index (χ1) is 17.9. The van der Waals surface area contributed by atoms with Crippen molar-refractivity contribution in [3.05, 3.63) is 29.8 Å². The highest BCUT2D eigenvalue weighted by molar-refractivity contribution is 5.94. The van der Waals surface area contributed by atoms with E-state index in [-0.39, 0.29) is 30.9 Å². The number of aliphatic carboxylic acids is 2. The first kappa shape index (κ1) is 32.0. The minimum Gasteiger partial charge on any atom is -0.508 e. The average molecular weight is 537 g/mol. The molecule has 0 fully saturated rings. The lowest BCUT2D eigenvalue weighted by molar-refractivity contribution is -0.140. The zero-order valence-electron chi connectivity index (χ0n) is 21.4. The maximum atomic E-state index is 13.0. The van der Waals surface area contributed by atoms with E-state index in [1.54, 1.807) is 19.1 Å². The molecule has 13 heteroatoms. The number of hydrogen-bond acceptors (Lipinski definition) is 8. The number of carboxylic acids is 2. The predicted molar refractivity (Wildman–Crippen MR) is 135 cm³/mol. The second kappa shape index (κ2) is 16.0. The Morgan fingerprint density at radius 1 is 0.868 bits per heavy atom. The number of carboxylic acid groups (broad SMARTS) is 2. The van der Waals surface area contributed by atoms with E-state index in [1.807, 2.05) is 6.92 Å². The number of carbonyl (C=O) groups is 6. The van der Waals surface area contributed by atoms with Crippen molar-refractivity contribution in [2.45, 2.75) is 76.5 Å². The summed E-state index contributed by atoms with van der Waals surface area (Å²) in [5.41, 5.74) is 6.58. The van der Waals surface area contributed by atoms with Gasteiger partial charge in [0.05, 0.1) is 12.1 Å². The summed E-state index contributed by atoms with van der Waals surface area (Å²) in [7, 11) is 0. The summed E-state index contributed by atoms with van der Waals surface area (Å²) in [6, 6.07) is 1.24. The van der Waals surface area contributed by atoms with Gasteiger partial charge in [-0.25, -0.2) is 0 Å². The molecule has 0 heterocycles. The van der Waals surface area contributed by atoms with Gasteiger partial charge in [-0.3, -0.25) is 24.0 Å². The van der Waals surface area contributed by atoms with Crippen LogP contribution >= 0.6 is 0 Å². The molecular formula is C25H36N4O9. The Kier molecular flexibility index (Phi) is 13.5. The maximum absolute atomic E-state index is 13.0. The van der Waals surface area contributed by atoms with Crippen molar-refractivity contribution in [1.82, 2.24) is 16.0 Å². The van der Waals surface area contributed by atoms with Crippen LogP contribution in [0.5, 0.6) is 5.75 Å². The zero-order chi connectivity index (χ0) is 28.8. The third-order valence-electron chi connectivity index (χ3n) is 6.00. The molecule has 8 N–H and O–H groups in total. The van der Waals surface area contributed by atoms with Gasteiger partial charge in [0.2, 0.25) is 17.7 Å². The van der Waals surface area contributed by atoms with Gasteiger partial charge in [-0.15, -0.1) is 0 Å². The fourth-order valence-corrected chi connectivity index (χ4v) is 3.43. The van der Waals surface area contributed by atoms with Crippen molar-refractivity contribution in [3.8, 4) is 5.75 Å². The van der Waals surface area contributed by atoms with Crippen LogP contribution in [0.15, 0.2) is 24.3 Å². The van der Waals surface area contributed by atoms with Gasteiger partial charge in [-0.2, -0.15) is 0 Å². The number of phenolic OH excluding ortho intramolecular Hbond substituents is 1. The number of amides is 3. The van der Waals surface area contributed by atoms with Crippen LogP contribution in [0.3, 0.4) is 0 Å². The molecule has 1 aromatic carbocycles. The molecule has 38 heavy (non-hydrogen) atoms. The molecule has 0 aliphatic heterocycles. The Morgan fingerprint density at radius 2 is 1.34 bits per heavy atom. The summed E-state index contributed by atoms with van der Waals surface area (Å²) in [6.07, 6.45) is -0.409. The summed E-state index contributed by atoms with van der Waals surface area (Å²) in [4.78, 5) is 72.2. The van der Waals surface area contributed by atoms with E-state index < -0.39 is 66.7 Å². The van der Waals surface area contributed by atoms with Crippen LogP contribution < -0.4 is 21.7 Å². The van der Waals surface area contributed by atoms with E-state index >= 15 is 0 Å². The van der Waals surface area contributed by atoms with Crippen molar-refractivity contribution in [1.29, 1.82) is 0 Å². The molecule has 0 saturated heterocycles. The summed E-state index contributed by atoms with van der Waals surface area (Å²) < 4.78 is 0. The lowest BCUT2D eigenvalue weighted by atomic mass is 9.99. The summed E-state index contributed by atoms with van der Waals surface area (Å²) in [5, 5.41) is 34.8. The molecule has 13 nitrogen and oxygen atoms in total. The molecule has 0 aliphatic carbocycles. The third kappa shape index (κ3) is 11.4. The predicted octanol–water partition coefficient (Wildman–Crippen LogP) is -0.309.